The number of aryl methyl sites for hydroxylation is 2. The Hall–Kier alpha value is -2.51. The van der Waals surface area contributed by atoms with E-state index in [1.807, 2.05) is 51.1 Å². The first-order valence-corrected chi connectivity index (χ1v) is 11.9. The molecule has 4 heterocycles. The van der Waals surface area contributed by atoms with E-state index in [2.05, 4.69) is 26.1 Å². The number of rotatable bonds is 1. The van der Waals surface area contributed by atoms with Gasteiger partial charge >= 0.3 is 0 Å². The summed E-state index contributed by atoms with van der Waals surface area (Å²) in [6, 6.07) is 9.51. The van der Waals surface area contributed by atoms with Crippen molar-refractivity contribution >= 4 is 45.0 Å². The average Bonchev–Trinajstić information content (AvgIpc) is 3.45. The monoisotopic (exact) mass is 493 g/mol. The van der Waals surface area contributed by atoms with Crippen LogP contribution in [0.3, 0.4) is 0 Å². The Balaban J connectivity index is 1.57. The SMILES string of the molecule is Cc1ccc(N2C(=O)[C@@H]3[C@@H](C2=O)[C@]2(C(=O)Nc4c2ccc(C)c4C)N2CCC[C@@H]32)c(Br)c1. The van der Waals surface area contributed by atoms with Crippen molar-refractivity contribution in [3.05, 3.63) is 57.1 Å². The highest BCUT2D eigenvalue weighted by molar-refractivity contribution is 9.10. The Morgan fingerprint density at radius 1 is 1.06 bits per heavy atom. The van der Waals surface area contributed by atoms with E-state index in [1.54, 1.807) is 0 Å². The van der Waals surface area contributed by atoms with Crippen molar-refractivity contribution in [1.29, 1.82) is 0 Å². The fourth-order valence-corrected chi connectivity index (χ4v) is 7.22. The van der Waals surface area contributed by atoms with Gasteiger partial charge in [-0.2, -0.15) is 0 Å². The molecule has 3 amide bonds. The molecule has 6 rings (SSSR count). The van der Waals surface area contributed by atoms with Gasteiger partial charge in [0.05, 0.1) is 17.5 Å². The maximum absolute atomic E-state index is 14.0. The number of halogens is 1. The molecule has 164 valence electrons. The zero-order valence-corrected chi connectivity index (χ0v) is 19.8. The van der Waals surface area contributed by atoms with Crippen LogP contribution in [0.25, 0.3) is 0 Å². The minimum atomic E-state index is -1.13. The summed E-state index contributed by atoms with van der Waals surface area (Å²) in [4.78, 5) is 45.0. The van der Waals surface area contributed by atoms with Gasteiger partial charge in [-0.25, -0.2) is 4.90 Å². The van der Waals surface area contributed by atoms with Crippen molar-refractivity contribution in [2.45, 2.75) is 45.2 Å². The fourth-order valence-electron chi connectivity index (χ4n) is 6.55. The second kappa shape index (κ2) is 6.51. The van der Waals surface area contributed by atoms with Crippen LogP contribution in [0.2, 0.25) is 0 Å². The number of imide groups is 1. The molecule has 1 spiro atoms. The first kappa shape index (κ1) is 20.1. The highest BCUT2D eigenvalue weighted by atomic mass is 79.9. The average molecular weight is 494 g/mol. The zero-order chi connectivity index (χ0) is 22.5. The van der Waals surface area contributed by atoms with Crippen LogP contribution < -0.4 is 10.2 Å². The Morgan fingerprint density at radius 2 is 1.84 bits per heavy atom. The Kier molecular flexibility index (Phi) is 4.10. The Labute approximate surface area is 195 Å². The molecule has 1 N–H and O–H groups in total. The number of hydrogen-bond donors (Lipinski definition) is 1. The first-order valence-electron chi connectivity index (χ1n) is 11.1. The van der Waals surface area contributed by atoms with E-state index in [-0.39, 0.29) is 23.8 Å². The van der Waals surface area contributed by atoms with E-state index in [9.17, 15) is 14.4 Å². The van der Waals surface area contributed by atoms with Crippen LogP contribution in [-0.4, -0.2) is 35.2 Å². The van der Waals surface area contributed by atoms with Crippen LogP contribution in [0.1, 0.15) is 35.1 Å². The lowest BCUT2D eigenvalue weighted by Crippen LogP contribution is -2.54. The largest absolute Gasteiger partial charge is 0.324 e. The maximum Gasteiger partial charge on any atom is 0.250 e. The van der Waals surface area contributed by atoms with Crippen LogP contribution in [0.4, 0.5) is 11.4 Å². The molecule has 0 saturated carbocycles. The van der Waals surface area contributed by atoms with Gasteiger partial charge in [-0.3, -0.25) is 19.3 Å². The lowest BCUT2D eigenvalue weighted by molar-refractivity contribution is -0.135. The lowest BCUT2D eigenvalue weighted by Gasteiger charge is -2.36. The molecule has 4 atom stereocenters. The molecule has 4 aliphatic rings. The van der Waals surface area contributed by atoms with Crippen LogP contribution >= 0.6 is 15.9 Å². The number of amides is 3. The normalized spacial score (nSPS) is 30.8. The van der Waals surface area contributed by atoms with Crippen LogP contribution in [0, 0.1) is 32.6 Å². The number of carbonyl (C=O) groups excluding carboxylic acids is 3. The van der Waals surface area contributed by atoms with Gasteiger partial charge in [-0.15, -0.1) is 0 Å². The quantitative estimate of drug-likeness (QED) is 0.613. The van der Waals surface area contributed by atoms with Gasteiger partial charge in [0.1, 0.15) is 5.54 Å². The fraction of sp³-hybridized carbons (Fsp3) is 0.400. The van der Waals surface area contributed by atoms with Crippen molar-refractivity contribution < 1.29 is 14.4 Å². The molecule has 2 aromatic rings. The molecular formula is C25H24BrN3O3. The van der Waals surface area contributed by atoms with E-state index in [0.29, 0.717) is 16.7 Å². The molecule has 0 aliphatic carbocycles. The second-order valence-corrected chi connectivity index (χ2v) is 10.4. The molecule has 0 bridgehead atoms. The summed E-state index contributed by atoms with van der Waals surface area (Å²) < 4.78 is 0.708. The molecule has 3 fully saturated rings. The molecule has 4 aliphatic heterocycles. The van der Waals surface area contributed by atoms with Gasteiger partial charge in [-0.05, 0) is 84.9 Å². The molecule has 0 unspecified atom stereocenters. The van der Waals surface area contributed by atoms with Gasteiger partial charge in [0.25, 0.3) is 0 Å². The summed E-state index contributed by atoms with van der Waals surface area (Å²) in [5.41, 5.74) is 4.21. The van der Waals surface area contributed by atoms with E-state index in [1.165, 1.54) is 4.90 Å². The highest BCUT2D eigenvalue weighted by Crippen LogP contribution is 2.61. The van der Waals surface area contributed by atoms with E-state index in [0.717, 1.165) is 40.8 Å². The molecule has 32 heavy (non-hydrogen) atoms. The minimum Gasteiger partial charge on any atom is -0.324 e. The van der Waals surface area contributed by atoms with E-state index >= 15 is 0 Å². The summed E-state index contributed by atoms with van der Waals surface area (Å²) in [7, 11) is 0. The summed E-state index contributed by atoms with van der Waals surface area (Å²) >= 11 is 3.54. The Morgan fingerprint density at radius 3 is 2.59 bits per heavy atom. The lowest BCUT2D eigenvalue weighted by atomic mass is 9.75. The third-order valence-electron chi connectivity index (χ3n) is 8.04. The van der Waals surface area contributed by atoms with Gasteiger partial charge in [0.2, 0.25) is 17.7 Å². The van der Waals surface area contributed by atoms with Crippen molar-refractivity contribution in [3.63, 3.8) is 0 Å². The van der Waals surface area contributed by atoms with Gasteiger partial charge in [-0.1, -0.05) is 18.2 Å². The van der Waals surface area contributed by atoms with Crippen LogP contribution in [0.15, 0.2) is 34.8 Å². The van der Waals surface area contributed by atoms with Crippen molar-refractivity contribution in [1.82, 2.24) is 4.90 Å². The van der Waals surface area contributed by atoms with Gasteiger partial charge in [0.15, 0.2) is 0 Å². The number of nitrogens with one attached hydrogen (secondary N) is 1. The second-order valence-electron chi connectivity index (χ2n) is 9.52. The molecule has 3 saturated heterocycles. The number of benzene rings is 2. The third kappa shape index (κ3) is 2.21. The van der Waals surface area contributed by atoms with Gasteiger partial charge < -0.3 is 5.32 Å². The van der Waals surface area contributed by atoms with E-state index in [4.69, 9.17) is 0 Å². The molecule has 6 nitrogen and oxygen atoms in total. The summed E-state index contributed by atoms with van der Waals surface area (Å²) in [6.07, 6.45) is 1.73. The predicted octanol–water partition coefficient (Wildman–Crippen LogP) is 3.81. The maximum atomic E-state index is 14.0. The summed E-state index contributed by atoms with van der Waals surface area (Å²) in [5.74, 6) is -1.89. The first-order chi connectivity index (χ1) is 15.3. The molecular weight excluding hydrogens is 470 g/mol. The number of nitrogens with zero attached hydrogens (tertiary/aromatic N) is 2. The van der Waals surface area contributed by atoms with Crippen molar-refractivity contribution in [2.24, 2.45) is 11.8 Å². The molecule has 7 heteroatoms. The van der Waals surface area contributed by atoms with E-state index < -0.39 is 17.4 Å². The minimum absolute atomic E-state index is 0.107. The summed E-state index contributed by atoms with van der Waals surface area (Å²) in [6.45, 7) is 6.70. The highest BCUT2D eigenvalue weighted by Gasteiger charge is 2.74. The van der Waals surface area contributed by atoms with Crippen LogP contribution in [0.5, 0.6) is 0 Å². The number of anilines is 2. The van der Waals surface area contributed by atoms with Crippen molar-refractivity contribution in [3.8, 4) is 0 Å². The third-order valence-corrected chi connectivity index (χ3v) is 8.68. The topological polar surface area (TPSA) is 69.7 Å². The molecule has 0 radical (unpaired) electrons. The van der Waals surface area contributed by atoms with Crippen LogP contribution in [-0.2, 0) is 19.9 Å². The smallest absolute Gasteiger partial charge is 0.250 e. The number of fused-ring (bicyclic) bond motifs is 7. The standard InChI is InChI=1S/C25H24BrN3O3/c1-12-6-9-17(16(26)11-12)29-22(30)19-18-5-4-10-28(18)25(20(19)23(29)31)15-8-7-13(2)14(3)21(15)27-24(25)32/h6-9,11,18-20H,4-5,10H2,1-3H3,(H,27,32)/t18-,19-,20-,25+/m0/s1. The number of carbonyl (C=O) groups is 3. The zero-order valence-electron chi connectivity index (χ0n) is 18.2. The predicted molar refractivity (Wildman–Crippen MR) is 124 cm³/mol. The summed E-state index contributed by atoms with van der Waals surface area (Å²) in [5, 5.41) is 3.10. The van der Waals surface area contributed by atoms with Crippen molar-refractivity contribution in [2.75, 3.05) is 16.8 Å². The molecule has 2 aromatic carbocycles. The van der Waals surface area contributed by atoms with Gasteiger partial charge in [0, 0.05) is 21.8 Å². The molecule has 0 aromatic heterocycles. The number of hydrogen-bond acceptors (Lipinski definition) is 4. The Bertz CT molecular complexity index is 1240.